The molecule has 5 nitrogen and oxygen atoms in total. The van der Waals surface area contributed by atoms with Crippen LogP contribution >= 0.6 is 0 Å². The second-order valence-corrected chi connectivity index (χ2v) is 4.34. The highest BCUT2D eigenvalue weighted by Gasteiger charge is 2.14. The Labute approximate surface area is 110 Å². The SMILES string of the molecule is CCCn1c(-c2ccncc2O)nc2cnccc21. The van der Waals surface area contributed by atoms with Gasteiger partial charge in [0.1, 0.15) is 17.1 Å². The molecule has 0 aliphatic heterocycles. The van der Waals surface area contributed by atoms with E-state index < -0.39 is 0 Å². The van der Waals surface area contributed by atoms with Crippen molar-refractivity contribution in [2.24, 2.45) is 0 Å². The molecule has 0 amide bonds. The lowest BCUT2D eigenvalue weighted by Crippen LogP contribution is -2.00. The lowest BCUT2D eigenvalue weighted by molar-refractivity contribution is 0.473. The zero-order valence-corrected chi connectivity index (χ0v) is 10.6. The summed E-state index contributed by atoms with van der Waals surface area (Å²) in [4.78, 5) is 12.6. The van der Waals surface area contributed by atoms with E-state index in [0.717, 1.165) is 29.8 Å². The number of imidazole rings is 1. The molecule has 3 heterocycles. The number of aryl methyl sites for hydroxylation is 1. The Bertz CT molecular complexity index is 720. The van der Waals surface area contributed by atoms with Crippen LogP contribution in [0.1, 0.15) is 13.3 Å². The number of hydrogen-bond donors (Lipinski definition) is 1. The maximum absolute atomic E-state index is 9.95. The fourth-order valence-corrected chi connectivity index (χ4v) is 2.21. The van der Waals surface area contributed by atoms with E-state index in [9.17, 15) is 5.11 Å². The second kappa shape index (κ2) is 4.68. The molecule has 0 aromatic carbocycles. The van der Waals surface area contributed by atoms with Gasteiger partial charge in [0.2, 0.25) is 0 Å². The molecule has 0 saturated carbocycles. The van der Waals surface area contributed by atoms with Crippen LogP contribution in [0, 0.1) is 0 Å². The zero-order valence-electron chi connectivity index (χ0n) is 10.6. The molecule has 96 valence electrons. The van der Waals surface area contributed by atoms with Gasteiger partial charge in [-0.15, -0.1) is 0 Å². The molecule has 3 aromatic rings. The minimum absolute atomic E-state index is 0.142. The Hall–Kier alpha value is -2.43. The molecule has 0 atom stereocenters. The predicted octanol–water partition coefficient (Wildman–Crippen LogP) is 2.61. The number of aromatic nitrogens is 4. The third-order valence-corrected chi connectivity index (χ3v) is 3.04. The molecule has 0 saturated heterocycles. The van der Waals surface area contributed by atoms with Gasteiger partial charge in [0.05, 0.1) is 23.5 Å². The van der Waals surface area contributed by atoms with Gasteiger partial charge in [-0.25, -0.2) is 4.98 Å². The van der Waals surface area contributed by atoms with Gasteiger partial charge < -0.3 is 9.67 Å². The fourth-order valence-electron chi connectivity index (χ4n) is 2.21. The van der Waals surface area contributed by atoms with Crippen molar-refractivity contribution < 1.29 is 5.11 Å². The van der Waals surface area contributed by atoms with Crippen molar-refractivity contribution in [2.75, 3.05) is 0 Å². The van der Waals surface area contributed by atoms with E-state index in [1.807, 2.05) is 6.07 Å². The molecule has 1 N–H and O–H groups in total. The Morgan fingerprint density at radius 3 is 2.74 bits per heavy atom. The maximum atomic E-state index is 9.95. The average Bonchev–Trinajstić information content (AvgIpc) is 2.79. The maximum Gasteiger partial charge on any atom is 0.145 e. The highest BCUT2D eigenvalue weighted by Crippen LogP contribution is 2.30. The molecule has 3 aromatic heterocycles. The first-order valence-electron chi connectivity index (χ1n) is 6.25. The Balaban J connectivity index is 2.28. The van der Waals surface area contributed by atoms with E-state index in [0.29, 0.717) is 5.56 Å². The van der Waals surface area contributed by atoms with Crippen LogP contribution < -0.4 is 0 Å². The normalized spacial score (nSPS) is 11.0. The van der Waals surface area contributed by atoms with Gasteiger partial charge >= 0.3 is 0 Å². The molecule has 0 aliphatic carbocycles. The minimum Gasteiger partial charge on any atom is -0.506 e. The van der Waals surface area contributed by atoms with Crippen molar-refractivity contribution >= 4 is 11.0 Å². The highest BCUT2D eigenvalue weighted by molar-refractivity contribution is 5.80. The highest BCUT2D eigenvalue weighted by atomic mass is 16.3. The van der Waals surface area contributed by atoms with Crippen molar-refractivity contribution in [2.45, 2.75) is 19.9 Å². The van der Waals surface area contributed by atoms with Gasteiger partial charge in [-0.2, -0.15) is 0 Å². The van der Waals surface area contributed by atoms with Gasteiger partial charge in [-0.1, -0.05) is 6.92 Å². The van der Waals surface area contributed by atoms with Crippen LogP contribution in [0.25, 0.3) is 22.4 Å². The third-order valence-electron chi connectivity index (χ3n) is 3.04. The van der Waals surface area contributed by atoms with Gasteiger partial charge in [-0.3, -0.25) is 9.97 Å². The topological polar surface area (TPSA) is 63.8 Å². The molecule has 0 unspecified atom stereocenters. The summed E-state index contributed by atoms with van der Waals surface area (Å²) in [5.41, 5.74) is 2.56. The van der Waals surface area contributed by atoms with Crippen LogP contribution in [0.5, 0.6) is 5.75 Å². The van der Waals surface area contributed by atoms with Crippen LogP contribution in [0.2, 0.25) is 0 Å². The summed E-state index contributed by atoms with van der Waals surface area (Å²) in [6.45, 7) is 2.96. The Morgan fingerprint density at radius 1 is 1.16 bits per heavy atom. The monoisotopic (exact) mass is 254 g/mol. The summed E-state index contributed by atoms with van der Waals surface area (Å²) in [7, 11) is 0. The molecular formula is C14H14N4O. The van der Waals surface area contributed by atoms with Crippen LogP contribution in [0.3, 0.4) is 0 Å². The van der Waals surface area contributed by atoms with E-state index in [1.165, 1.54) is 6.20 Å². The van der Waals surface area contributed by atoms with Crippen molar-refractivity contribution in [3.8, 4) is 17.1 Å². The number of pyridine rings is 2. The van der Waals surface area contributed by atoms with Crippen molar-refractivity contribution in [1.29, 1.82) is 0 Å². The van der Waals surface area contributed by atoms with Crippen molar-refractivity contribution in [3.63, 3.8) is 0 Å². The number of nitrogens with zero attached hydrogens (tertiary/aromatic N) is 4. The number of rotatable bonds is 3. The first-order valence-corrected chi connectivity index (χ1v) is 6.25. The Kier molecular flexibility index (Phi) is 2.87. The quantitative estimate of drug-likeness (QED) is 0.780. The molecule has 0 radical (unpaired) electrons. The van der Waals surface area contributed by atoms with Crippen molar-refractivity contribution in [3.05, 3.63) is 36.9 Å². The predicted molar refractivity (Wildman–Crippen MR) is 72.7 cm³/mol. The number of hydrogen-bond acceptors (Lipinski definition) is 4. The van der Waals surface area contributed by atoms with E-state index in [2.05, 4.69) is 26.4 Å². The smallest absolute Gasteiger partial charge is 0.145 e. The van der Waals surface area contributed by atoms with Crippen LogP contribution in [-0.4, -0.2) is 24.6 Å². The van der Waals surface area contributed by atoms with E-state index >= 15 is 0 Å². The molecular weight excluding hydrogens is 240 g/mol. The fraction of sp³-hybridized carbons (Fsp3) is 0.214. The lowest BCUT2D eigenvalue weighted by atomic mass is 10.2. The van der Waals surface area contributed by atoms with Crippen molar-refractivity contribution in [1.82, 2.24) is 19.5 Å². The molecule has 19 heavy (non-hydrogen) atoms. The van der Waals surface area contributed by atoms with E-state index in [1.54, 1.807) is 24.7 Å². The molecule has 0 aliphatic rings. The summed E-state index contributed by atoms with van der Waals surface area (Å²) < 4.78 is 2.10. The molecule has 5 heteroatoms. The van der Waals surface area contributed by atoms with Gasteiger partial charge in [-0.05, 0) is 18.6 Å². The van der Waals surface area contributed by atoms with E-state index in [4.69, 9.17) is 0 Å². The lowest BCUT2D eigenvalue weighted by Gasteiger charge is -2.08. The average molecular weight is 254 g/mol. The van der Waals surface area contributed by atoms with Gasteiger partial charge in [0, 0.05) is 18.9 Å². The number of fused-ring (bicyclic) bond motifs is 1. The largest absolute Gasteiger partial charge is 0.506 e. The first kappa shape index (κ1) is 11.6. The second-order valence-electron chi connectivity index (χ2n) is 4.34. The molecule has 0 spiro atoms. The standard InChI is InChI=1S/C14H14N4O/c1-2-7-18-12-4-6-15-8-11(12)17-14(18)10-3-5-16-9-13(10)19/h3-6,8-9,19H,2,7H2,1H3. The molecule has 3 rings (SSSR count). The minimum atomic E-state index is 0.142. The Morgan fingerprint density at radius 2 is 1.95 bits per heavy atom. The summed E-state index contributed by atoms with van der Waals surface area (Å²) in [6, 6.07) is 3.72. The van der Waals surface area contributed by atoms with Crippen LogP contribution in [0.15, 0.2) is 36.9 Å². The van der Waals surface area contributed by atoms with Gasteiger partial charge in [0.15, 0.2) is 0 Å². The summed E-state index contributed by atoms with van der Waals surface area (Å²) in [6.07, 6.45) is 7.58. The summed E-state index contributed by atoms with van der Waals surface area (Å²) in [5.74, 6) is 0.896. The van der Waals surface area contributed by atoms with E-state index in [-0.39, 0.29) is 5.75 Å². The number of aromatic hydroxyl groups is 1. The first-order chi connectivity index (χ1) is 9.31. The summed E-state index contributed by atoms with van der Waals surface area (Å²) in [5, 5.41) is 9.95. The van der Waals surface area contributed by atoms with Gasteiger partial charge in [0.25, 0.3) is 0 Å². The zero-order chi connectivity index (χ0) is 13.2. The van der Waals surface area contributed by atoms with Crippen LogP contribution in [0.4, 0.5) is 0 Å². The summed E-state index contributed by atoms with van der Waals surface area (Å²) >= 11 is 0. The molecule has 0 bridgehead atoms. The van der Waals surface area contributed by atoms with Crippen LogP contribution in [-0.2, 0) is 6.54 Å². The molecule has 0 fully saturated rings. The third kappa shape index (κ3) is 1.93.